The molecule has 0 amide bonds. The highest BCUT2D eigenvalue weighted by Gasteiger charge is 2.18. The molecule has 1 aromatic heterocycles. The minimum atomic E-state index is 0.198. The van der Waals surface area contributed by atoms with E-state index in [1.165, 1.54) is 5.69 Å². The van der Waals surface area contributed by atoms with Crippen molar-refractivity contribution >= 4 is 27.7 Å². The van der Waals surface area contributed by atoms with Crippen LogP contribution in [0.4, 0.5) is 0 Å². The fourth-order valence-corrected chi connectivity index (χ4v) is 3.37. The molecule has 0 radical (unpaired) electrons. The molecule has 2 N–H and O–H groups in total. The van der Waals surface area contributed by atoms with Gasteiger partial charge in [-0.15, -0.1) is 0 Å². The Labute approximate surface area is 128 Å². The maximum atomic E-state index is 9.30. The van der Waals surface area contributed by atoms with Crippen molar-refractivity contribution in [2.45, 2.75) is 51.6 Å². The first kappa shape index (κ1) is 17.0. The lowest BCUT2D eigenvalue weighted by molar-refractivity contribution is 0.275. The molecule has 1 aromatic rings. The molecule has 1 rings (SSSR count). The molecule has 6 heteroatoms. The van der Waals surface area contributed by atoms with Crippen molar-refractivity contribution in [2.24, 2.45) is 0 Å². The van der Waals surface area contributed by atoms with Gasteiger partial charge in [-0.3, -0.25) is 4.68 Å². The molecule has 0 fully saturated rings. The summed E-state index contributed by atoms with van der Waals surface area (Å²) in [6.07, 6.45) is 2.96. The molecule has 4 nitrogen and oxygen atoms in total. The number of rotatable bonds is 8. The van der Waals surface area contributed by atoms with Gasteiger partial charge in [0.25, 0.3) is 0 Å². The summed E-state index contributed by atoms with van der Waals surface area (Å²) in [6.45, 7) is 8.16. The Morgan fingerprint density at radius 1 is 1.47 bits per heavy atom. The van der Waals surface area contributed by atoms with Gasteiger partial charge in [-0.1, -0.05) is 6.92 Å². The van der Waals surface area contributed by atoms with Gasteiger partial charge in [0.2, 0.25) is 0 Å². The number of aliphatic hydroxyl groups excluding tert-OH is 1. The summed E-state index contributed by atoms with van der Waals surface area (Å²) in [5.74, 6) is 0. The lowest BCUT2D eigenvalue weighted by atomic mass is 10.2. The van der Waals surface area contributed by atoms with E-state index in [1.54, 1.807) is 11.8 Å². The van der Waals surface area contributed by atoms with E-state index in [1.807, 2.05) is 10.9 Å². The first-order valence-corrected chi connectivity index (χ1v) is 8.78. The summed E-state index contributed by atoms with van der Waals surface area (Å²) in [5, 5.41) is 17.6. The molecule has 19 heavy (non-hydrogen) atoms. The second-order valence-corrected chi connectivity index (χ2v) is 6.37. The first-order valence-electron chi connectivity index (χ1n) is 6.70. The highest BCUT2D eigenvalue weighted by atomic mass is 79.9. The molecule has 2 atom stereocenters. The first-order chi connectivity index (χ1) is 9.08. The Morgan fingerprint density at radius 3 is 2.63 bits per heavy atom. The number of nitrogens with one attached hydrogen (secondary N) is 1. The number of thioether (sulfide) groups is 1. The van der Waals surface area contributed by atoms with Crippen LogP contribution in [-0.2, 0) is 19.5 Å². The Kier molecular flexibility index (Phi) is 7.42. The van der Waals surface area contributed by atoms with Crippen LogP contribution >= 0.6 is 27.7 Å². The Morgan fingerprint density at radius 2 is 2.16 bits per heavy atom. The molecular weight excluding hydrogens is 326 g/mol. The Bertz CT molecular complexity index is 393. The molecule has 1 heterocycles. The zero-order valence-corrected chi connectivity index (χ0v) is 14.5. The van der Waals surface area contributed by atoms with Crippen LogP contribution < -0.4 is 5.32 Å². The number of aryl methyl sites for hydroxylation is 2. The predicted molar refractivity (Wildman–Crippen MR) is 85.7 cm³/mol. The minimum absolute atomic E-state index is 0.198. The summed E-state index contributed by atoms with van der Waals surface area (Å²) in [6, 6.07) is 0.261. The third-order valence-electron chi connectivity index (χ3n) is 3.33. The highest BCUT2D eigenvalue weighted by Crippen LogP contribution is 2.22. The predicted octanol–water partition coefficient (Wildman–Crippen LogP) is 2.43. The topological polar surface area (TPSA) is 50.1 Å². The normalized spacial score (nSPS) is 14.6. The smallest absolute Gasteiger partial charge is 0.0767 e. The summed E-state index contributed by atoms with van der Waals surface area (Å²) < 4.78 is 3.15. The van der Waals surface area contributed by atoms with Gasteiger partial charge in [0.15, 0.2) is 0 Å². The third kappa shape index (κ3) is 4.21. The van der Waals surface area contributed by atoms with Gasteiger partial charge in [-0.25, -0.2) is 0 Å². The minimum Gasteiger partial charge on any atom is -0.395 e. The average Bonchev–Trinajstić information content (AvgIpc) is 2.73. The fourth-order valence-electron chi connectivity index (χ4n) is 2.01. The summed E-state index contributed by atoms with van der Waals surface area (Å²) in [7, 11) is 0. The Hall–Kier alpha value is -0.0400. The second kappa shape index (κ2) is 8.29. The molecular formula is C13H24BrN3OS. The summed E-state index contributed by atoms with van der Waals surface area (Å²) in [4.78, 5) is 0. The number of aromatic nitrogens is 2. The lowest BCUT2D eigenvalue weighted by Gasteiger charge is -2.21. The van der Waals surface area contributed by atoms with E-state index in [0.717, 1.165) is 29.7 Å². The van der Waals surface area contributed by atoms with E-state index >= 15 is 0 Å². The zero-order chi connectivity index (χ0) is 14.4. The molecule has 0 bridgehead atoms. The van der Waals surface area contributed by atoms with Crippen molar-refractivity contribution < 1.29 is 5.11 Å². The molecule has 0 saturated heterocycles. The molecule has 110 valence electrons. The molecule has 0 aromatic carbocycles. The van der Waals surface area contributed by atoms with Crippen LogP contribution in [0.2, 0.25) is 0 Å². The van der Waals surface area contributed by atoms with Crippen LogP contribution in [0.3, 0.4) is 0 Å². The van der Waals surface area contributed by atoms with E-state index < -0.39 is 0 Å². The van der Waals surface area contributed by atoms with Crippen molar-refractivity contribution in [3.63, 3.8) is 0 Å². The van der Waals surface area contributed by atoms with Crippen molar-refractivity contribution in [3.05, 3.63) is 15.9 Å². The van der Waals surface area contributed by atoms with Gasteiger partial charge in [0, 0.05) is 24.4 Å². The SMILES string of the molecule is CCc1nn(CC)c(CNC(C)C(CO)SC)c1Br. The lowest BCUT2D eigenvalue weighted by Crippen LogP contribution is -2.37. The zero-order valence-electron chi connectivity index (χ0n) is 12.1. The molecule has 0 aliphatic carbocycles. The van der Waals surface area contributed by atoms with E-state index in [4.69, 9.17) is 0 Å². The maximum absolute atomic E-state index is 9.30. The third-order valence-corrected chi connectivity index (χ3v) is 5.40. The van der Waals surface area contributed by atoms with E-state index in [9.17, 15) is 5.11 Å². The molecule has 0 saturated carbocycles. The number of hydrogen-bond acceptors (Lipinski definition) is 4. The van der Waals surface area contributed by atoms with Crippen LogP contribution in [0.1, 0.15) is 32.2 Å². The summed E-state index contributed by atoms with van der Waals surface area (Å²) in [5.41, 5.74) is 2.29. The van der Waals surface area contributed by atoms with Crippen LogP contribution in [0.5, 0.6) is 0 Å². The maximum Gasteiger partial charge on any atom is 0.0767 e. The van der Waals surface area contributed by atoms with Crippen molar-refractivity contribution in [1.29, 1.82) is 0 Å². The molecule has 0 aliphatic heterocycles. The van der Waals surface area contributed by atoms with Gasteiger partial charge >= 0.3 is 0 Å². The standard InChI is InChI=1S/C13H24BrN3OS/c1-5-10-13(14)11(17(6-2)16-10)7-15-9(3)12(8-18)19-4/h9,12,15,18H,5-8H2,1-4H3. The van der Waals surface area contributed by atoms with Crippen LogP contribution in [0, 0.1) is 0 Å². The number of nitrogens with zero attached hydrogens (tertiary/aromatic N) is 2. The van der Waals surface area contributed by atoms with Gasteiger partial charge in [0.1, 0.15) is 0 Å². The van der Waals surface area contributed by atoms with Crippen molar-refractivity contribution in [1.82, 2.24) is 15.1 Å². The molecule has 2 unspecified atom stereocenters. The van der Waals surface area contributed by atoms with Crippen LogP contribution in [0.15, 0.2) is 4.47 Å². The number of hydrogen-bond donors (Lipinski definition) is 2. The molecule has 0 aliphatic rings. The Balaban J connectivity index is 2.74. The largest absolute Gasteiger partial charge is 0.395 e. The fraction of sp³-hybridized carbons (Fsp3) is 0.769. The van der Waals surface area contributed by atoms with Crippen molar-refractivity contribution in [3.8, 4) is 0 Å². The van der Waals surface area contributed by atoms with E-state index in [2.05, 4.69) is 47.1 Å². The highest BCUT2D eigenvalue weighted by molar-refractivity contribution is 9.10. The number of halogens is 1. The van der Waals surface area contributed by atoms with Gasteiger partial charge in [-0.2, -0.15) is 16.9 Å². The number of aliphatic hydroxyl groups is 1. The van der Waals surface area contributed by atoms with Crippen LogP contribution in [-0.4, -0.2) is 39.0 Å². The van der Waals surface area contributed by atoms with Crippen LogP contribution in [0.25, 0.3) is 0 Å². The van der Waals surface area contributed by atoms with Crippen molar-refractivity contribution in [2.75, 3.05) is 12.9 Å². The van der Waals surface area contributed by atoms with E-state index in [0.29, 0.717) is 0 Å². The van der Waals surface area contributed by atoms with E-state index in [-0.39, 0.29) is 17.9 Å². The summed E-state index contributed by atoms with van der Waals surface area (Å²) >= 11 is 5.34. The second-order valence-electron chi connectivity index (χ2n) is 4.50. The van der Waals surface area contributed by atoms with Gasteiger partial charge in [0.05, 0.1) is 22.5 Å². The molecule has 0 spiro atoms. The quantitative estimate of drug-likeness (QED) is 0.756. The van der Waals surface area contributed by atoms with Gasteiger partial charge < -0.3 is 10.4 Å². The monoisotopic (exact) mass is 349 g/mol. The average molecular weight is 350 g/mol. The van der Waals surface area contributed by atoms with Gasteiger partial charge in [-0.05, 0) is 42.5 Å².